The molecule has 1 aromatic carbocycles. The summed E-state index contributed by atoms with van der Waals surface area (Å²) in [5.41, 5.74) is 3.37. The first-order valence-corrected chi connectivity index (χ1v) is 8.98. The number of aromatic nitrogens is 3. The van der Waals surface area contributed by atoms with Crippen molar-refractivity contribution in [2.24, 2.45) is 7.05 Å². The summed E-state index contributed by atoms with van der Waals surface area (Å²) >= 11 is 1.67. The fourth-order valence-corrected chi connectivity index (χ4v) is 3.83. The number of aryl methyl sites for hydroxylation is 1. The molecule has 0 spiro atoms. The zero-order chi connectivity index (χ0) is 16.4. The van der Waals surface area contributed by atoms with Crippen LogP contribution in [0.25, 0.3) is 11.3 Å². The molecule has 0 saturated carbocycles. The highest BCUT2D eigenvalue weighted by Gasteiger charge is 2.24. The first-order chi connectivity index (χ1) is 11.8. The van der Waals surface area contributed by atoms with Crippen molar-refractivity contribution in [1.82, 2.24) is 19.7 Å². The SMILES string of the molecule is Cn1cc(-c2csc([C@@H]3CN(Cc4ccccc4)CCO3)n2)cn1. The van der Waals surface area contributed by atoms with Crippen LogP contribution in [0.1, 0.15) is 16.7 Å². The van der Waals surface area contributed by atoms with Crippen molar-refractivity contribution in [1.29, 1.82) is 0 Å². The van der Waals surface area contributed by atoms with Crippen molar-refractivity contribution in [3.05, 3.63) is 58.7 Å². The van der Waals surface area contributed by atoms with Crippen LogP contribution in [0.2, 0.25) is 0 Å². The van der Waals surface area contributed by atoms with Gasteiger partial charge in [0.15, 0.2) is 0 Å². The summed E-state index contributed by atoms with van der Waals surface area (Å²) in [7, 11) is 1.92. The minimum atomic E-state index is 0.0536. The molecule has 0 radical (unpaired) electrons. The van der Waals surface area contributed by atoms with Crippen molar-refractivity contribution < 1.29 is 4.74 Å². The smallest absolute Gasteiger partial charge is 0.124 e. The molecule has 6 heteroatoms. The Balaban J connectivity index is 1.45. The molecule has 1 aliphatic rings. The lowest BCUT2D eigenvalue weighted by Gasteiger charge is -2.31. The normalized spacial score (nSPS) is 18.8. The van der Waals surface area contributed by atoms with E-state index in [1.807, 2.05) is 19.4 Å². The molecule has 5 nitrogen and oxygen atoms in total. The predicted octanol–water partition coefficient (Wildman–Crippen LogP) is 3.12. The third-order valence-corrected chi connectivity index (χ3v) is 5.13. The molecule has 0 amide bonds. The zero-order valence-corrected chi connectivity index (χ0v) is 14.4. The van der Waals surface area contributed by atoms with Crippen molar-refractivity contribution in [3.8, 4) is 11.3 Å². The van der Waals surface area contributed by atoms with Gasteiger partial charge in [-0.3, -0.25) is 9.58 Å². The Morgan fingerprint density at radius 2 is 2.17 bits per heavy atom. The average Bonchev–Trinajstić information content (AvgIpc) is 3.25. The molecule has 3 heterocycles. The average molecular weight is 340 g/mol. The number of thiazole rings is 1. The van der Waals surface area contributed by atoms with Gasteiger partial charge in [-0.25, -0.2) is 4.98 Å². The second-order valence-electron chi connectivity index (χ2n) is 6.05. The third kappa shape index (κ3) is 3.40. The Morgan fingerprint density at radius 1 is 1.29 bits per heavy atom. The van der Waals surface area contributed by atoms with Gasteiger partial charge in [-0.1, -0.05) is 30.3 Å². The van der Waals surface area contributed by atoms with Crippen LogP contribution in [0.15, 0.2) is 48.1 Å². The molecule has 1 aliphatic heterocycles. The van der Waals surface area contributed by atoms with Crippen LogP contribution >= 0.6 is 11.3 Å². The molecular weight excluding hydrogens is 320 g/mol. The second-order valence-corrected chi connectivity index (χ2v) is 6.94. The molecule has 0 aliphatic carbocycles. The molecule has 1 fully saturated rings. The van der Waals surface area contributed by atoms with Crippen molar-refractivity contribution in [2.45, 2.75) is 12.6 Å². The van der Waals surface area contributed by atoms with Gasteiger partial charge in [0.25, 0.3) is 0 Å². The van der Waals surface area contributed by atoms with Crippen molar-refractivity contribution >= 4 is 11.3 Å². The summed E-state index contributed by atoms with van der Waals surface area (Å²) in [5, 5.41) is 7.35. The van der Waals surface area contributed by atoms with Gasteiger partial charge in [-0.2, -0.15) is 5.10 Å². The van der Waals surface area contributed by atoms with E-state index in [4.69, 9.17) is 9.72 Å². The van der Waals surface area contributed by atoms with Gasteiger partial charge in [0.2, 0.25) is 0 Å². The molecule has 2 aromatic heterocycles. The first-order valence-electron chi connectivity index (χ1n) is 8.10. The lowest BCUT2D eigenvalue weighted by atomic mass is 10.2. The Bertz CT molecular complexity index is 798. The summed E-state index contributed by atoms with van der Waals surface area (Å²) in [6.07, 6.45) is 3.89. The van der Waals surface area contributed by atoms with E-state index in [0.29, 0.717) is 0 Å². The topological polar surface area (TPSA) is 43.2 Å². The molecule has 0 N–H and O–H groups in total. The number of rotatable bonds is 4. The maximum Gasteiger partial charge on any atom is 0.124 e. The summed E-state index contributed by atoms with van der Waals surface area (Å²) < 4.78 is 7.77. The largest absolute Gasteiger partial charge is 0.368 e. The monoisotopic (exact) mass is 340 g/mol. The fourth-order valence-electron chi connectivity index (χ4n) is 2.96. The predicted molar refractivity (Wildman–Crippen MR) is 94.7 cm³/mol. The number of nitrogens with zero attached hydrogens (tertiary/aromatic N) is 4. The molecular formula is C18H20N4OS. The van der Waals surface area contributed by atoms with Crippen LogP contribution in [0, 0.1) is 0 Å². The Kier molecular flexibility index (Phi) is 4.42. The Labute approximate surface area is 145 Å². The van der Waals surface area contributed by atoms with Gasteiger partial charge >= 0.3 is 0 Å². The second kappa shape index (κ2) is 6.84. The summed E-state index contributed by atoms with van der Waals surface area (Å²) in [6.45, 7) is 3.56. The van der Waals surface area contributed by atoms with E-state index in [9.17, 15) is 0 Å². The van der Waals surface area contributed by atoms with Crippen LogP contribution in [0.3, 0.4) is 0 Å². The quantitative estimate of drug-likeness (QED) is 0.732. The van der Waals surface area contributed by atoms with E-state index >= 15 is 0 Å². The van der Waals surface area contributed by atoms with E-state index in [1.54, 1.807) is 16.0 Å². The third-order valence-electron chi connectivity index (χ3n) is 4.20. The number of hydrogen-bond donors (Lipinski definition) is 0. The molecule has 124 valence electrons. The molecule has 24 heavy (non-hydrogen) atoms. The highest BCUT2D eigenvalue weighted by atomic mass is 32.1. The lowest BCUT2D eigenvalue weighted by molar-refractivity contribution is -0.0329. The minimum Gasteiger partial charge on any atom is -0.368 e. The van der Waals surface area contributed by atoms with E-state index in [0.717, 1.165) is 42.5 Å². The summed E-state index contributed by atoms with van der Waals surface area (Å²) in [4.78, 5) is 7.21. The summed E-state index contributed by atoms with van der Waals surface area (Å²) in [5.74, 6) is 0. The number of benzene rings is 1. The number of hydrogen-bond acceptors (Lipinski definition) is 5. The molecule has 1 atom stereocenters. The van der Waals surface area contributed by atoms with Gasteiger partial charge in [-0.15, -0.1) is 11.3 Å². The highest BCUT2D eigenvalue weighted by molar-refractivity contribution is 7.10. The van der Waals surface area contributed by atoms with E-state index in [2.05, 4.69) is 45.7 Å². The summed E-state index contributed by atoms with van der Waals surface area (Å²) in [6, 6.07) is 10.6. The maximum atomic E-state index is 5.97. The van der Waals surface area contributed by atoms with Crippen LogP contribution in [-0.4, -0.2) is 39.4 Å². The van der Waals surface area contributed by atoms with Crippen molar-refractivity contribution in [3.63, 3.8) is 0 Å². The molecule has 0 bridgehead atoms. The fraction of sp³-hybridized carbons (Fsp3) is 0.333. The Hall–Kier alpha value is -2.02. The molecule has 3 aromatic rings. The van der Waals surface area contributed by atoms with Crippen molar-refractivity contribution in [2.75, 3.05) is 19.7 Å². The first kappa shape index (κ1) is 15.5. The van der Waals surface area contributed by atoms with E-state index in [-0.39, 0.29) is 6.10 Å². The number of ether oxygens (including phenoxy) is 1. The molecule has 1 saturated heterocycles. The van der Waals surface area contributed by atoms with E-state index < -0.39 is 0 Å². The number of morpholine rings is 1. The van der Waals surface area contributed by atoms with Crippen LogP contribution in [-0.2, 0) is 18.3 Å². The Morgan fingerprint density at radius 3 is 2.96 bits per heavy atom. The highest BCUT2D eigenvalue weighted by Crippen LogP contribution is 2.29. The van der Waals surface area contributed by atoms with Crippen LogP contribution in [0.5, 0.6) is 0 Å². The van der Waals surface area contributed by atoms with Gasteiger partial charge in [-0.05, 0) is 5.56 Å². The van der Waals surface area contributed by atoms with Crippen LogP contribution in [0.4, 0.5) is 0 Å². The standard InChI is InChI=1S/C18H20N4OS/c1-21-11-15(9-19-21)16-13-24-18(20-16)17-12-22(7-8-23-17)10-14-5-3-2-4-6-14/h2-6,9,11,13,17H,7-8,10,12H2,1H3/t17-/m0/s1. The van der Waals surface area contributed by atoms with Crippen LogP contribution < -0.4 is 0 Å². The zero-order valence-electron chi connectivity index (χ0n) is 13.6. The minimum absolute atomic E-state index is 0.0536. The molecule has 4 rings (SSSR count). The van der Waals surface area contributed by atoms with E-state index in [1.165, 1.54) is 5.56 Å². The maximum absolute atomic E-state index is 5.97. The van der Waals surface area contributed by atoms with Gasteiger partial charge in [0.1, 0.15) is 11.1 Å². The van der Waals surface area contributed by atoms with Gasteiger partial charge in [0, 0.05) is 43.8 Å². The van der Waals surface area contributed by atoms with Gasteiger partial charge < -0.3 is 4.74 Å². The molecule has 0 unspecified atom stereocenters. The van der Waals surface area contributed by atoms with Gasteiger partial charge in [0.05, 0.1) is 18.5 Å². The lowest BCUT2D eigenvalue weighted by Crippen LogP contribution is -2.37.